The van der Waals surface area contributed by atoms with Gasteiger partial charge in [-0.3, -0.25) is 0 Å². The summed E-state index contributed by atoms with van der Waals surface area (Å²) < 4.78 is 10.7. The van der Waals surface area contributed by atoms with E-state index in [0.29, 0.717) is 19.8 Å². The zero-order valence-corrected chi connectivity index (χ0v) is 13.3. The highest BCUT2D eigenvalue weighted by Crippen LogP contribution is 2.13. The van der Waals surface area contributed by atoms with Crippen molar-refractivity contribution >= 4 is 5.97 Å². The van der Waals surface area contributed by atoms with E-state index >= 15 is 0 Å². The van der Waals surface area contributed by atoms with E-state index in [1.807, 2.05) is 45.0 Å². The zero-order chi connectivity index (χ0) is 15.5. The molecule has 0 amide bonds. The number of allylic oxidation sites excluding steroid dienone is 1. The summed E-state index contributed by atoms with van der Waals surface area (Å²) in [5.74, 6) is -0.00742. The van der Waals surface area contributed by atoms with Gasteiger partial charge in [-0.05, 0) is 31.2 Å². The minimum absolute atomic E-state index is 0.189. The minimum Gasteiger partial charge on any atom is -0.463 e. The smallest absolute Gasteiger partial charge is 0.333 e. The molecule has 0 aliphatic rings. The van der Waals surface area contributed by atoms with Gasteiger partial charge in [-0.1, -0.05) is 50.3 Å². The Labute approximate surface area is 128 Å². The molecule has 0 atom stereocenters. The maximum Gasteiger partial charge on any atom is 0.333 e. The van der Waals surface area contributed by atoms with Gasteiger partial charge in [0.2, 0.25) is 0 Å². The Bertz CT molecular complexity index is 435. The lowest BCUT2D eigenvalue weighted by molar-refractivity contribution is -0.139. The number of unbranched alkanes of at least 4 members (excludes halogenated alkanes) is 1. The highest BCUT2D eigenvalue weighted by Gasteiger charge is 2.13. The Morgan fingerprint density at radius 1 is 1.24 bits per heavy atom. The van der Waals surface area contributed by atoms with Crippen LogP contribution in [0.15, 0.2) is 42.0 Å². The van der Waals surface area contributed by atoms with Crippen molar-refractivity contribution in [2.45, 2.75) is 40.2 Å². The molecule has 0 aliphatic carbocycles. The average Bonchev–Trinajstić information content (AvgIpc) is 2.47. The molecule has 1 aromatic carbocycles. The Balaban J connectivity index is 2.27. The van der Waals surface area contributed by atoms with Crippen LogP contribution in [0.5, 0.6) is 0 Å². The molecule has 21 heavy (non-hydrogen) atoms. The van der Waals surface area contributed by atoms with Gasteiger partial charge in [0.15, 0.2) is 0 Å². The first kappa shape index (κ1) is 17.4. The number of hydrogen-bond donors (Lipinski definition) is 0. The SMILES string of the molecule is CCOC(=O)C(=CCCCOCc1ccccc1)C(C)C. The van der Waals surface area contributed by atoms with Crippen molar-refractivity contribution in [3.8, 4) is 0 Å². The maximum absolute atomic E-state index is 11.8. The molecule has 0 aromatic heterocycles. The maximum atomic E-state index is 11.8. The predicted molar refractivity (Wildman–Crippen MR) is 84.9 cm³/mol. The molecule has 0 fully saturated rings. The second kappa shape index (κ2) is 10.2. The van der Waals surface area contributed by atoms with Crippen LogP contribution in [0, 0.1) is 5.92 Å². The Morgan fingerprint density at radius 2 is 1.95 bits per heavy atom. The van der Waals surface area contributed by atoms with Crippen LogP contribution < -0.4 is 0 Å². The van der Waals surface area contributed by atoms with Crippen LogP contribution in [0.3, 0.4) is 0 Å². The van der Waals surface area contributed by atoms with Crippen LogP contribution in [-0.2, 0) is 20.9 Å². The molecule has 1 aromatic rings. The first-order valence-corrected chi connectivity index (χ1v) is 7.64. The number of esters is 1. The monoisotopic (exact) mass is 290 g/mol. The zero-order valence-electron chi connectivity index (χ0n) is 13.3. The molecule has 0 saturated heterocycles. The van der Waals surface area contributed by atoms with Gasteiger partial charge in [0.25, 0.3) is 0 Å². The first-order chi connectivity index (χ1) is 10.1. The molecular weight excluding hydrogens is 264 g/mol. The number of rotatable bonds is 9. The molecule has 0 unspecified atom stereocenters. The molecule has 0 radical (unpaired) electrons. The third-order valence-electron chi connectivity index (χ3n) is 3.10. The van der Waals surface area contributed by atoms with Crippen molar-refractivity contribution in [2.75, 3.05) is 13.2 Å². The molecule has 0 bridgehead atoms. The number of carbonyl (C=O) groups is 1. The lowest BCUT2D eigenvalue weighted by atomic mass is 10.0. The molecule has 0 saturated carbocycles. The quantitative estimate of drug-likeness (QED) is 0.390. The third kappa shape index (κ3) is 7.09. The highest BCUT2D eigenvalue weighted by atomic mass is 16.5. The van der Waals surface area contributed by atoms with E-state index in [1.165, 1.54) is 5.56 Å². The summed E-state index contributed by atoms with van der Waals surface area (Å²) in [7, 11) is 0. The number of hydrogen-bond acceptors (Lipinski definition) is 3. The van der Waals surface area contributed by atoms with E-state index in [-0.39, 0.29) is 11.9 Å². The van der Waals surface area contributed by atoms with E-state index in [1.54, 1.807) is 0 Å². The summed E-state index contributed by atoms with van der Waals surface area (Å²) in [6.07, 6.45) is 3.72. The molecule has 0 aliphatic heterocycles. The van der Waals surface area contributed by atoms with E-state index in [9.17, 15) is 4.79 Å². The molecule has 116 valence electrons. The topological polar surface area (TPSA) is 35.5 Å². The van der Waals surface area contributed by atoms with E-state index in [4.69, 9.17) is 9.47 Å². The van der Waals surface area contributed by atoms with Gasteiger partial charge in [0.1, 0.15) is 0 Å². The van der Waals surface area contributed by atoms with Crippen molar-refractivity contribution in [3.05, 3.63) is 47.5 Å². The van der Waals surface area contributed by atoms with E-state index in [0.717, 1.165) is 18.4 Å². The normalized spacial score (nSPS) is 11.7. The molecule has 0 N–H and O–H groups in total. The van der Waals surface area contributed by atoms with Crippen molar-refractivity contribution in [1.82, 2.24) is 0 Å². The second-order valence-electron chi connectivity index (χ2n) is 5.22. The Hall–Kier alpha value is -1.61. The second-order valence-corrected chi connectivity index (χ2v) is 5.22. The van der Waals surface area contributed by atoms with Gasteiger partial charge in [0.05, 0.1) is 13.2 Å². The van der Waals surface area contributed by atoms with Crippen LogP contribution in [0.25, 0.3) is 0 Å². The van der Waals surface area contributed by atoms with Crippen molar-refractivity contribution in [2.24, 2.45) is 5.92 Å². The Morgan fingerprint density at radius 3 is 2.57 bits per heavy atom. The highest BCUT2D eigenvalue weighted by molar-refractivity contribution is 5.88. The summed E-state index contributed by atoms with van der Waals surface area (Å²) in [5, 5.41) is 0. The van der Waals surface area contributed by atoms with Crippen LogP contribution in [0.1, 0.15) is 39.2 Å². The average molecular weight is 290 g/mol. The number of benzene rings is 1. The van der Waals surface area contributed by atoms with Gasteiger partial charge >= 0.3 is 5.97 Å². The molecule has 0 spiro atoms. The third-order valence-corrected chi connectivity index (χ3v) is 3.10. The van der Waals surface area contributed by atoms with Gasteiger partial charge in [-0.15, -0.1) is 0 Å². The summed E-state index contributed by atoms with van der Waals surface area (Å²) in [5.41, 5.74) is 1.95. The van der Waals surface area contributed by atoms with Crippen LogP contribution in [-0.4, -0.2) is 19.2 Å². The lowest BCUT2D eigenvalue weighted by Crippen LogP contribution is -2.12. The number of carbonyl (C=O) groups excluding carboxylic acids is 1. The van der Waals surface area contributed by atoms with Crippen LogP contribution >= 0.6 is 0 Å². The van der Waals surface area contributed by atoms with E-state index in [2.05, 4.69) is 12.1 Å². The fourth-order valence-corrected chi connectivity index (χ4v) is 1.98. The van der Waals surface area contributed by atoms with Gasteiger partial charge in [-0.2, -0.15) is 0 Å². The fraction of sp³-hybridized carbons (Fsp3) is 0.500. The van der Waals surface area contributed by atoms with Gasteiger partial charge in [0, 0.05) is 12.2 Å². The molecule has 1 rings (SSSR count). The largest absolute Gasteiger partial charge is 0.463 e. The fourth-order valence-electron chi connectivity index (χ4n) is 1.98. The van der Waals surface area contributed by atoms with Gasteiger partial charge in [-0.25, -0.2) is 4.79 Å². The van der Waals surface area contributed by atoms with Crippen molar-refractivity contribution in [1.29, 1.82) is 0 Å². The molecular formula is C18H26O3. The minimum atomic E-state index is -0.197. The van der Waals surface area contributed by atoms with Crippen molar-refractivity contribution in [3.63, 3.8) is 0 Å². The molecule has 0 heterocycles. The predicted octanol–water partition coefficient (Wildman–Crippen LogP) is 4.13. The first-order valence-electron chi connectivity index (χ1n) is 7.64. The van der Waals surface area contributed by atoms with Crippen LogP contribution in [0.4, 0.5) is 0 Å². The lowest BCUT2D eigenvalue weighted by Gasteiger charge is -2.10. The van der Waals surface area contributed by atoms with E-state index < -0.39 is 0 Å². The summed E-state index contributed by atoms with van der Waals surface area (Å²) in [4.78, 5) is 11.8. The van der Waals surface area contributed by atoms with Crippen molar-refractivity contribution < 1.29 is 14.3 Å². The Kier molecular flexibility index (Phi) is 8.44. The summed E-state index contributed by atoms with van der Waals surface area (Å²) in [6.45, 7) is 7.60. The summed E-state index contributed by atoms with van der Waals surface area (Å²) >= 11 is 0. The number of ether oxygens (including phenoxy) is 2. The molecule has 3 nitrogen and oxygen atoms in total. The van der Waals surface area contributed by atoms with Gasteiger partial charge < -0.3 is 9.47 Å². The molecule has 3 heteroatoms. The standard InChI is InChI=1S/C18H26O3/c1-4-21-18(19)17(15(2)3)12-8-9-13-20-14-16-10-6-5-7-11-16/h5-7,10-12,15H,4,8-9,13-14H2,1-3H3. The van der Waals surface area contributed by atoms with Crippen LogP contribution in [0.2, 0.25) is 0 Å². The summed E-state index contributed by atoms with van der Waals surface area (Å²) in [6, 6.07) is 10.1.